The number of aryl methyl sites for hydroxylation is 1. The molecule has 0 radical (unpaired) electrons. The summed E-state index contributed by atoms with van der Waals surface area (Å²) in [6.45, 7) is 7.16. The molecule has 3 heterocycles. The molecule has 1 N–H and O–H groups in total. The molecule has 8 nitrogen and oxygen atoms in total. The van der Waals surface area contributed by atoms with E-state index in [0.29, 0.717) is 36.7 Å². The van der Waals surface area contributed by atoms with Crippen molar-refractivity contribution in [2.75, 3.05) is 43.0 Å². The highest BCUT2D eigenvalue weighted by Crippen LogP contribution is 2.33. The summed E-state index contributed by atoms with van der Waals surface area (Å²) in [6.07, 6.45) is 1.75. The Bertz CT molecular complexity index is 905. The molecule has 0 aromatic carbocycles. The zero-order chi connectivity index (χ0) is 21.0. The number of rotatable bonds is 5. The molecule has 1 saturated heterocycles. The molecule has 1 aliphatic rings. The molecule has 1 fully saturated rings. The number of aromatic nitrogens is 1. The van der Waals surface area contributed by atoms with Crippen molar-refractivity contribution in [3.8, 4) is 0 Å². The Hall–Kier alpha value is -2.94. The molecular formula is C20H24N4O4S. The fourth-order valence-corrected chi connectivity index (χ4v) is 4.23. The lowest BCUT2D eigenvalue weighted by Crippen LogP contribution is -2.50. The average Bonchev–Trinajstić information content (AvgIpc) is 2.99. The Morgan fingerprint density at radius 3 is 2.52 bits per heavy atom. The number of hydrogen-bond acceptors (Lipinski definition) is 7. The third kappa shape index (κ3) is 4.92. The summed E-state index contributed by atoms with van der Waals surface area (Å²) in [5, 5.41) is 3.11. The van der Waals surface area contributed by atoms with Gasteiger partial charge >= 0.3 is 5.97 Å². The molecule has 2 aromatic rings. The summed E-state index contributed by atoms with van der Waals surface area (Å²) in [5.74, 6) is -0.206. The Morgan fingerprint density at radius 1 is 1.17 bits per heavy atom. The molecular weight excluding hydrogens is 392 g/mol. The van der Waals surface area contributed by atoms with Crippen molar-refractivity contribution in [2.24, 2.45) is 0 Å². The first-order chi connectivity index (χ1) is 13.9. The predicted octanol–water partition coefficient (Wildman–Crippen LogP) is 2.22. The van der Waals surface area contributed by atoms with Crippen LogP contribution in [-0.2, 0) is 14.3 Å². The van der Waals surface area contributed by atoms with Gasteiger partial charge in [-0.05, 0) is 31.5 Å². The molecule has 154 valence electrons. The number of esters is 1. The van der Waals surface area contributed by atoms with Crippen LogP contribution in [-0.4, -0.2) is 60.5 Å². The first-order valence-electron chi connectivity index (χ1n) is 9.35. The fourth-order valence-electron chi connectivity index (χ4n) is 3.14. The number of thiophene rings is 1. The lowest BCUT2D eigenvalue weighted by molar-refractivity contribution is -0.134. The van der Waals surface area contributed by atoms with Gasteiger partial charge in [-0.2, -0.15) is 0 Å². The van der Waals surface area contributed by atoms with Crippen molar-refractivity contribution in [3.05, 3.63) is 40.4 Å². The summed E-state index contributed by atoms with van der Waals surface area (Å²) < 4.78 is 5.27. The van der Waals surface area contributed by atoms with E-state index in [0.717, 1.165) is 16.3 Å². The maximum atomic E-state index is 12.6. The Balaban J connectivity index is 1.55. The highest BCUT2D eigenvalue weighted by Gasteiger charge is 2.25. The van der Waals surface area contributed by atoms with Gasteiger partial charge in [-0.15, -0.1) is 11.3 Å². The van der Waals surface area contributed by atoms with Crippen molar-refractivity contribution in [1.82, 2.24) is 9.88 Å². The summed E-state index contributed by atoms with van der Waals surface area (Å²) in [7, 11) is 0. The number of nitrogens with one attached hydrogen (secondary N) is 1. The molecule has 2 amide bonds. The van der Waals surface area contributed by atoms with Gasteiger partial charge in [0.25, 0.3) is 5.91 Å². The molecule has 0 spiro atoms. The van der Waals surface area contributed by atoms with Gasteiger partial charge in [0.2, 0.25) is 5.91 Å². The Labute approximate surface area is 173 Å². The van der Waals surface area contributed by atoms with Gasteiger partial charge in [0.05, 0.1) is 5.56 Å². The summed E-state index contributed by atoms with van der Waals surface area (Å²) >= 11 is 1.32. The minimum atomic E-state index is -0.601. The lowest BCUT2D eigenvalue weighted by atomic mass is 10.1. The molecule has 1 aliphatic heterocycles. The maximum absolute atomic E-state index is 12.6. The van der Waals surface area contributed by atoms with Gasteiger partial charge in [0.15, 0.2) is 6.61 Å². The standard InChI is InChI=1S/C20H24N4O4S/c1-13-14(2)29-19(22-15(3)25)18(13)20(27)28-12-17(26)24-10-8-23(9-11-24)16-6-4-5-7-21-16/h4-7H,8-12H2,1-3H3,(H,22,25). The number of nitrogens with zero attached hydrogens (tertiary/aromatic N) is 3. The second-order valence-electron chi connectivity index (χ2n) is 6.80. The van der Waals surface area contributed by atoms with Crippen LogP contribution in [0.2, 0.25) is 0 Å². The third-order valence-corrected chi connectivity index (χ3v) is 5.93. The number of anilines is 2. The van der Waals surface area contributed by atoms with Crippen LogP contribution in [0.15, 0.2) is 24.4 Å². The zero-order valence-corrected chi connectivity index (χ0v) is 17.5. The normalized spacial score (nSPS) is 13.9. The van der Waals surface area contributed by atoms with Crippen molar-refractivity contribution in [1.29, 1.82) is 0 Å². The van der Waals surface area contributed by atoms with E-state index in [9.17, 15) is 14.4 Å². The van der Waals surface area contributed by atoms with E-state index in [2.05, 4.69) is 15.2 Å². The molecule has 0 unspecified atom stereocenters. The predicted molar refractivity (Wildman–Crippen MR) is 111 cm³/mol. The Kier molecular flexibility index (Phi) is 6.48. The first kappa shape index (κ1) is 20.8. The summed E-state index contributed by atoms with van der Waals surface area (Å²) in [4.78, 5) is 45.5. The van der Waals surface area contributed by atoms with Crippen LogP contribution in [0.25, 0.3) is 0 Å². The van der Waals surface area contributed by atoms with Crippen molar-refractivity contribution < 1.29 is 19.1 Å². The number of carbonyl (C=O) groups is 3. The van der Waals surface area contributed by atoms with Gasteiger partial charge in [-0.1, -0.05) is 6.07 Å². The quantitative estimate of drug-likeness (QED) is 0.752. The highest BCUT2D eigenvalue weighted by molar-refractivity contribution is 7.16. The first-order valence-corrected chi connectivity index (χ1v) is 10.2. The molecule has 0 aliphatic carbocycles. The van der Waals surface area contributed by atoms with E-state index in [1.807, 2.05) is 25.1 Å². The monoisotopic (exact) mass is 416 g/mol. The van der Waals surface area contributed by atoms with E-state index < -0.39 is 5.97 Å². The largest absolute Gasteiger partial charge is 0.452 e. The summed E-state index contributed by atoms with van der Waals surface area (Å²) in [5.41, 5.74) is 1.07. The maximum Gasteiger partial charge on any atom is 0.341 e. The number of piperazine rings is 1. The highest BCUT2D eigenvalue weighted by atomic mass is 32.1. The number of amides is 2. The Morgan fingerprint density at radius 2 is 1.90 bits per heavy atom. The van der Waals surface area contributed by atoms with Crippen molar-refractivity contribution in [2.45, 2.75) is 20.8 Å². The van der Waals surface area contributed by atoms with Crippen molar-refractivity contribution in [3.63, 3.8) is 0 Å². The molecule has 2 aromatic heterocycles. The second kappa shape index (κ2) is 9.04. The minimum absolute atomic E-state index is 0.232. The van der Waals surface area contributed by atoms with E-state index in [-0.39, 0.29) is 18.4 Å². The molecule has 0 atom stereocenters. The van der Waals surface area contributed by atoms with Crippen LogP contribution in [0.1, 0.15) is 27.7 Å². The number of ether oxygens (including phenoxy) is 1. The van der Waals surface area contributed by atoms with Gasteiger partial charge in [-0.25, -0.2) is 9.78 Å². The smallest absolute Gasteiger partial charge is 0.341 e. The van der Waals surface area contributed by atoms with Gasteiger partial charge in [-0.3, -0.25) is 9.59 Å². The molecule has 29 heavy (non-hydrogen) atoms. The van der Waals surface area contributed by atoms with E-state index in [1.54, 1.807) is 18.0 Å². The molecule has 9 heteroatoms. The average molecular weight is 417 g/mol. The number of hydrogen-bond donors (Lipinski definition) is 1. The number of carbonyl (C=O) groups excluding carboxylic acids is 3. The fraction of sp³-hybridized carbons (Fsp3) is 0.400. The topological polar surface area (TPSA) is 91.8 Å². The van der Waals surface area contributed by atoms with Crippen LogP contribution < -0.4 is 10.2 Å². The van der Waals surface area contributed by atoms with E-state index in [4.69, 9.17) is 4.74 Å². The van der Waals surface area contributed by atoms with Crippen molar-refractivity contribution >= 4 is 39.9 Å². The van der Waals surface area contributed by atoms with Crippen LogP contribution in [0, 0.1) is 13.8 Å². The van der Waals surface area contributed by atoms with Crippen LogP contribution >= 0.6 is 11.3 Å². The SMILES string of the molecule is CC(=O)Nc1sc(C)c(C)c1C(=O)OCC(=O)N1CCN(c2ccccn2)CC1. The lowest BCUT2D eigenvalue weighted by Gasteiger charge is -2.35. The van der Waals surface area contributed by atoms with E-state index in [1.165, 1.54) is 18.3 Å². The summed E-state index contributed by atoms with van der Waals surface area (Å²) in [6, 6.07) is 5.74. The molecule has 0 saturated carbocycles. The van der Waals surface area contributed by atoms with Crippen LogP contribution in [0.3, 0.4) is 0 Å². The molecule has 0 bridgehead atoms. The van der Waals surface area contributed by atoms with Gasteiger partial charge in [0, 0.05) is 44.2 Å². The minimum Gasteiger partial charge on any atom is -0.452 e. The zero-order valence-electron chi connectivity index (χ0n) is 16.7. The third-order valence-electron chi connectivity index (χ3n) is 4.81. The number of pyridine rings is 1. The van der Waals surface area contributed by atoms with Crippen LogP contribution in [0.5, 0.6) is 0 Å². The van der Waals surface area contributed by atoms with Crippen LogP contribution in [0.4, 0.5) is 10.8 Å². The van der Waals surface area contributed by atoms with Gasteiger partial charge < -0.3 is 19.9 Å². The molecule has 3 rings (SSSR count). The van der Waals surface area contributed by atoms with Gasteiger partial charge in [0.1, 0.15) is 10.8 Å². The van der Waals surface area contributed by atoms with E-state index >= 15 is 0 Å². The second-order valence-corrected chi connectivity index (χ2v) is 8.03.